The van der Waals surface area contributed by atoms with E-state index in [0.717, 1.165) is 19.3 Å². The predicted octanol–water partition coefficient (Wildman–Crippen LogP) is 2.61. The fourth-order valence-corrected chi connectivity index (χ4v) is 2.47. The van der Waals surface area contributed by atoms with Crippen molar-refractivity contribution in [3.63, 3.8) is 0 Å². The van der Waals surface area contributed by atoms with E-state index >= 15 is 0 Å². The number of nitrogens with one attached hydrogen (secondary N) is 1. The summed E-state index contributed by atoms with van der Waals surface area (Å²) < 4.78 is 10.9. The van der Waals surface area contributed by atoms with Crippen LogP contribution < -0.4 is 5.32 Å². The van der Waals surface area contributed by atoms with E-state index in [1.54, 1.807) is 0 Å². The first kappa shape index (κ1) is 12.7. The van der Waals surface area contributed by atoms with Crippen molar-refractivity contribution in [1.29, 1.82) is 0 Å². The Kier molecular flexibility index (Phi) is 2.69. The van der Waals surface area contributed by atoms with Crippen LogP contribution in [0.1, 0.15) is 53.9 Å². The third-order valence-corrected chi connectivity index (χ3v) is 3.65. The molecule has 1 amide bonds. The summed E-state index contributed by atoms with van der Waals surface area (Å²) >= 11 is 0. The van der Waals surface area contributed by atoms with Gasteiger partial charge in [-0.25, -0.2) is 4.79 Å². The van der Waals surface area contributed by atoms with Crippen LogP contribution in [0.3, 0.4) is 0 Å². The summed E-state index contributed by atoms with van der Waals surface area (Å²) in [6.07, 6.45) is 2.80. The molecule has 1 heterocycles. The normalized spacial score (nSPS) is 40.4. The standard InChI is InChI=1S/C13H23NO3/c1-11(2,3)17-10(15)14-12(4)6-7-13(5)9(8-12)16-13/h9H,6-8H2,1-5H3,(H,14,15). The first-order valence-corrected chi connectivity index (χ1v) is 6.31. The Morgan fingerprint density at radius 3 is 2.53 bits per heavy atom. The molecule has 1 N–H and O–H groups in total. The highest BCUT2D eigenvalue weighted by atomic mass is 16.6. The Morgan fingerprint density at radius 1 is 1.35 bits per heavy atom. The molecule has 17 heavy (non-hydrogen) atoms. The Labute approximate surface area is 103 Å². The number of ether oxygens (including phenoxy) is 2. The van der Waals surface area contributed by atoms with Gasteiger partial charge in [0.1, 0.15) is 5.60 Å². The van der Waals surface area contributed by atoms with Gasteiger partial charge in [-0.15, -0.1) is 0 Å². The summed E-state index contributed by atoms with van der Waals surface area (Å²) in [5.41, 5.74) is -0.558. The van der Waals surface area contributed by atoms with Gasteiger partial charge >= 0.3 is 6.09 Å². The van der Waals surface area contributed by atoms with E-state index < -0.39 is 5.60 Å². The van der Waals surface area contributed by atoms with E-state index in [-0.39, 0.29) is 17.2 Å². The molecule has 1 aliphatic heterocycles. The lowest BCUT2D eigenvalue weighted by atomic mass is 9.78. The number of rotatable bonds is 1. The highest BCUT2D eigenvalue weighted by molar-refractivity contribution is 5.68. The van der Waals surface area contributed by atoms with Gasteiger partial charge in [-0.1, -0.05) is 0 Å². The molecule has 1 saturated heterocycles. The van der Waals surface area contributed by atoms with Crippen molar-refractivity contribution in [1.82, 2.24) is 5.32 Å². The minimum absolute atomic E-state index is 0.0785. The lowest BCUT2D eigenvalue weighted by Crippen LogP contribution is -2.51. The average molecular weight is 241 g/mol. The zero-order valence-corrected chi connectivity index (χ0v) is 11.4. The topological polar surface area (TPSA) is 50.9 Å². The van der Waals surface area contributed by atoms with Crippen LogP contribution in [0.15, 0.2) is 0 Å². The molecule has 4 nitrogen and oxygen atoms in total. The molecule has 2 aliphatic rings. The number of hydrogen-bond donors (Lipinski definition) is 1. The fraction of sp³-hybridized carbons (Fsp3) is 0.923. The van der Waals surface area contributed by atoms with Gasteiger partial charge in [-0.2, -0.15) is 0 Å². The lowest BCUT2D eigenvalue weighted by molar-refractivity contribution is 0.0440. The van der Waals surface area contributed by atoms with Crippen LogP contribution in [-0.4, -0.2) is 28.9 Å². The van der Waals surface area contributed by atoms with Gasteiger partial charge < -0.3 is 14.8 Å². The Morgan fingerprint density at radius 2 is 2.00 bits per heavy atom. The number of carbonyl (C=O) groups is 1. The average Bonchev–Trinajstić information content (AvgIpc) is 2.71. The molecule has 0 radical (unpaired) electrons. The van der Waals surface area contributed by atoms with Crippen LogP contribution in [0.2, 0.25) is 0 Å². The summed E-state index contributed by atoms with van der Waals surface area (Å²) in [5, 5.41) is 2.98. The molecule has 0 aromatic rings. The van der Waals surface area contributed by atoms with E-state index in [2.05, 4.69) is 19.2 Å². The molecule has 98 valence electrons. The third kappa shape index (κ3) is 2.92. The summed E-state index contributed by atoms with van der Waals surface area (Å²) in [6, 6.07) is 0. The minimum Gasteiger partial charge on any atom is -0.444 e. The highest BCUT2D eigenvalue weighted by Crippen LogP contribution is 2.50. The SMILES string of the molecule is CC1(NC(=O)OC(C)(C)C)CCC2(C)OC2C1. The number of carbonyl (C=O) groups excluding carboxylic acids is 1. The fourth-order valence-electron chi connectivity index (χ4n) is 2.47. The van der Waals surface area contributed by atoms with Gasteiger partial charge in [0.15, 0.2) is 0 Å². The van der Waals surface area contributed by atoms with Crippen molar-refractivity contribution < 1.29 is 14.3 Å². The summed E-state index contributed by atoms with van der Waals surface area (Å²) in [7, 11) is 0. The van der Waals surface area contributed by atoms with Crippen LogP contribution >= 0.6 is 0 Å². The molecule has 0 aromatic carbocycles. The van der Waals surface area contributed by atoms with Crippen LogP contribution in [0.5, 0.6) is 0 Å². The minimum atomic E-state index is -0.445. The van der Waals surface area contributed by atoms with Gasteiger partial charge in [0.2, 0.25) is 0 Å². The maximum atomic E-state index is 11.8. The van der Waals surface area contributed by atoms with Crippen LogP contribution in [0.25, 0.3) is 0 Å². The number of fused-ring (bicyclic) bond motifs is 1. The third-order valence-electron chi connectivity index (χ3n) is 3.65. The Hall–Kier alpha value is -0.770. The number of hydrogen-bond acceptors (Lipinski definition) is 3. The van der Waals surface area contributed by atoms with Gasteiger partial charge in [-0.05, 0) is 53.9 Å². The molecule has 4 heteroatoms. The van der Waals surface area contributed by atoms with Crippen LogP contribution in [0, 0.1) is 0 Å². The van der Waals surface area contributed by atoms with Crippen molar-refractivity contribution >= 4 is 6.09 Å². The van der Waals surface area contributed by atoms with E-state index in [9.17, 15) is 4.79 Å². The molecular formula is C13H23NO3. The molecule has 0 spiro atoms. The van der Waals surface area contributed by atoms with Crippen molar-refractivity contribution in [3.05, 3.63) is 0 Å². The van der Waals surface area contributed by atoms with Crippen molar-refractivity contribution in [2.45, 2.75) is 76.7 Å². The largest absolute Gasteiger partial charge is 0.444 e. The summed E-state index contributed by atoms with van der Waals surface area (Å²) in [4.78, 5) is 11.8. The van der Waals surface area contributed by atoms with Gasteiger partial charge in [0.05, 0.1) is 11.7 Å². The zero-order valence-electron chi connectivity index (χ0n) is 11.4. The van der Waals surface area contributed by atoms with Crippen molar-refractivity contribution in [2.75, 3.05) is 0 Å². The molecule has 1 aliphatic carbocycles. The molecule has 0 aromatic heterocycles. The number of alkyl carbamates (subject to hydrolysis) is 1. The zero-order chi connectivity index (χ0) is 12.9. The van der Waals surface area contributed by atoms with E-state index in [1.165, 1.54) is 0 Å². The van der Waals surface area contributed by atoms with Gasteiger partial charge in [0, 0.05) is 5.54 Å². The molecular weight excluding hydrogens is 218 g/mol. The van der Waals surface area contributed by atoms with Gasteiger partial charge in [-0.3, -0.25) is 0 Å². The summed E-state index contributed by atoms with van der Waals surface area (Å²) in [5.74, 6) is 0. The second kappa shape index (κ2) is 3.61. The quantitative estimate of drug-likeness (QED) is 0.718. The first-order valence-electron chi connectivity index (χ1n) is 6.31. The first-order chi connectivity index (χ1) is 7.62. The lowest BCUT2D eigenvalue weighted by Gasteiger charge is -2.35. The molecule has 3 atom stereocenters. The predicted molar refractivity (Wildman–Crippen MR) is 64.9 cm³/mol. The maximum Gasteiger partial charge on any atom is 0.408 e. The van der Waals surface area contributed by atoms with E-state index in [0.29, 0.717) is 6.10 Å². The number of amides is 1. The van der Waals surface area contributed by atoms with Crippen molar-refractivity contribution in [3.8, 4) is 0 Å². The molecule has 2 fully saturated rings. The second-order valence-corrected chi connectivity index (χ2v) is 6.81. The molecule has 2 rings (SSSR count). The molecule has 0 bridgehead atoms. The van der Waals surface area contributed by atoms with Crippen LogP contribution in [0.4, 0.5) is 4.79 Å². The smallest absolute Gasteiger partial charge is 0.408 e. The second-order valence-electron chi connectivity index (χ2n) is 6.81. The van der Waals surface area contributed by atoms with Crippen molar-refractivity contribution in [2.24, 2.45) is 0 Å². The monoisotopic (exact) mass is 241 g/mol. The van der Waals surface area contributed by atoms with E-state index in [4.69, 9.17) is 9.47 Å². The van der Waals surface area contributed by atoms with Gasteiger partial charge in [0.25, 0.3) is 0 Å². The molecule has 1 saturated carbocycles. The highest BCUT2D eigenvalue weighted by Gasteiger charge is 2.58. The number of epoxide rings is 1. The molecule has 3 unspecified atom stereocenters. The maximum absolute atomic E-state index is 11.8. The van der Waals surface area contributed by atoms with Crippen LogP contribution in [-0.2, 0) is 9.47 Å². The Bertz CT molecular complexity index is 336. The van der Waals surface area contributed by atoms with E-state index in [1.807, 2.05) is 20.8 Å². The summed E-state index contributed by atoms with van der Waals surface area (Å²) in [6.45, 7) is 9.83. The Balaban J connectivity index is 1.88.